The van der Waals surface area contributed by atoms with Crippen molar-refractivity contribution >= 4 is 0 Å². The highest BCUT2D eigenvalue weighted by Crippen LogP contribution is 2.20. The van der Waals surface area contributed by atoms with Crippen molar-refractivity contribution in [3.63, 3.8) is 0 Å². The van der Waals surface area contributed by atoms with Crippen LogP contribution >= 0.6 is 0 Å². The van der Waals surface area contributed by atoms with Gasteiger partial charge in [-0.25, -0.2) is 4.39 Å². The lowest BCUT2D eigenvalue weighted by Crippen LogP contribution is -2.54. The van der Waals surface area contributed by atoms with Gasteiger partial charge in [0.2, 0.25) is 0 Å². The molecule has 2 unspecified atom stereocenters. The first-order chi connectivity index (χ1) is 7.66. The lowest BCUT2D eigenvalue weighted by Gasteiger charge is -2.38. The second-order valence-corrected chi connectivity index (χ2v) is 5.24. The van der Waals surface area contributed by atoms with Crippen LogP contribution in [-0.4, -0.2) is 55.5 Å². The zero-order valence-electron chi connectivity index (χ0n) is 10.3. The van der Waals surface area contributed by atoms with Gasteiger partial charge in [-0.3, -0.25) is 4.90 Å². The van der Waals surface area contributed by atoms with Crippen LogP contribution in [0.25, 0.3) is 0 Å². The summed E-state index contributed by atoms with van der Waals surface area (Å²) in [5, 5.41) is 3.31. The Balaban J connectivity index is 1.81. The third kappa shape index (κ3) is 2.93. The molecule has 0 radical (unpaired) electrons. The number of nitrogens with one attached hydrogen (secondary N) is 1. The van der Waals surface area contributed by atoms with Gasteiger partial charge in [-0.1, -0.05) is 13.8 Å². The number of hydrogen-bond donors (Lipinski definition) is 1. The van der Waals surface area contributed by atoms with Crippen LogP contribution in [-0.2, 0) is 4.74 Å². The van der Waals surface area contributed by atoms with E-state index in [9.17, 15) is 4.39 Å². The number of piperidine rings is 1. The maximum absolute atomic E-state index is 14.0. The summed E-state index contributed by atoms with van der Waals surface area (Å²) in [5.41, 5.74) is 0. The third-order valence-corrected chi connectivity index (χ3v) is 3.54. The first kappa shape index (κ1) is 12.3. The highest BCUT2D eigenvalue weighted by atomic mass is 19.1. The number of rotatable bonds is 3. The molecule has 0 saturated carbocycles. The molecule has 0 aromatic heterocycles. The van der Waals surface area contributed by atoms with E-state index in [-0.39, 0.29) is 6.04 Å². The molecule has 0 aromatic carbocycles. The average molecular weight is 230 g/mol. The van der Waals surface area contributed by atoms with E-state index >= 15 is 0 Å². The maximum atomic E-state index is 14.0. The third-order valence-electron chi connectivity index (χ3n) is 3.54. The molecule has 2 fully saturated rings. The van der Waals surface area contributed by atoms with Crippen LogP contribution in [0.15, 0.2) is 0 Å². The molecule has 2 heterocycles. The second-order valence-electron chi connectivity index (χ2n) is 5.24. The molecule has 2 aliphatic rings. The molecule has 2 rings (SSSR count). The summed E-state index contributed by atoms with van der Waals surface area (Å²) in [7, 11) is 0. The Labute approximate surface area is 97.3 Å². The van der Waals surface area contributed by atoms with Crippen molar-refractivity contribution in [3.8, 4) is 0 Å². The van der Waals surface area contributed by atoms with E-state index in [0.717, 1.165) is 32.6 Å². The van der Waals surface area contributed by atoms with Gasteiger partial charge in [-0.15, -0.1) is 0 Å². The number of alkyl halides is 1. The van der Waals surface area contributed by atoms with E-state index < -0.39 is 6.17 Å². The van der Waals surface area contributed by atoms with Gasteiger partial charge in [0, 0.05) is 37.8 Å². The summed E-state index contributed by atoms with van der Waals surface area (Å²) in [5.74, 6) is 0. The molecule has 0 spiro atoms. The molecule has 2 saturated heterocycles. The summed E-state index contributed by atoms with van der Waals surface area (Å²) < 4.78 is 19.3. The zero-order valence-corrected chi connectivity index (χ0v) is 10.3. The fraction of sp³-hybridized carbons (Fsp3) is 1.00. The molecule has 0 aromatic rings. The van der Waals surface area contributed by atoms with Gasteiger partial charge < -0.3 is 10.1 Å². The van der Waals surface area contributed by atoms with Gasteiger partial charge in [-0.2, -0.15) is 0 Å². The van der Waals surface area contributed by atoms with E-state index in [1.165, 1.54) is 0 Å². The predicted molar refractivity (Wildman–Crippen MR) is 62.4 cm³/mol. The lowest BCUT2D eigenvalue weighted by atomic mass is 10.00. The van der Waals surface area contributed by atoms with Gasteiger partial charge in [-0.05, 0) is 12.8 Å². The van der Waals surface area contributed by atoms with E-state index in [2.05, 4.69) is 24.1 Å². The molecular formula is C12H23FN2O. The standard InChI is InChI=1S/C12H23FN2O/c1-9(2)14-12-3-5-15(7-11(12)13)10-4-6-16-8-10/h9-12,14H,3-8H2,1-2H3/t10?,11-,12?/m0/s1. The smallest absolute Gasteiger partial charge is 0.128 e. The predicted octanol–water partition coefficient (Wildman–Crippen LogP) is 1.19. The quantitative estimate of drug-likeness (QED) is 0.788. The minimum atomic E-state index is -0.739. The van der Waals surface area contributed by atoms with E-state index in [0.29, 0.717) is 18.6 Å². The van der Waals surface area contributed by atoms with Gasteiger partial charge in [0.15, 0.2) is 0 Å². The van der Waals surface area contributed by atoms with Gasteiger partial charge >= 0.3 is 0 Å². The van der Waals surface area contributed by atoms with E-state index in [1.54, 1.807) is 0 Å². The van der Waals surface area contributed by atoms with Gasteiger partial charge in [0.05, 0.1) is 6.61 Å². The molecule has 1 N–H and O–H groups in total. The normalized spacial score (nSPS) is 37.1. The highest BCUT2D eigenvalue weighted by molar-refractivity contribution is 4.89. The van der Waals surface area contributed by atoms with Crippen LogP contribution in [0.1, 0.15) is 26.7 Å². The average Bonchev–Trinajstić information content (AvgIpc) is 2.73. The van der Waals surface area contributed by atoms with Crippen LogP contribution in [0.4, 0.5) is 4.39 Å². The van der Waals surface area contributed by atoms with Crippen molar-refractivity contribution in [2.45, 2.75) is 51.0 Å². The topological polar surface area (TPSA) is 24.5 Å². The number of likely N-dealkylation sites (tertiary alicyclic amines) is 1. The van der Waals surface area contributed by atoms with Crippen molar-refractivity contribution in [1.29, 1.82) is 0 Å². The Morgan fingerprint density at radius 1 is 1.38 bits per heavy atom. The van der Waals surface area contributed by atoms with Crippen molar-refractivity contribution in [2.24, 2.45) is 0 Å². The Morgan fingerprint density at radius 2 is 2.19 bits per heavy atom. The summed E-state index contributed by atoms with van der Waals surface area (Å²) in [6.45, 7) is 7.34. The minimum absolute atomic E-state index is 0.0403. The molecule has 94 valence electrons. The Morgan fingerprint density at radius 3 is 2.75 bits per heavy atom. The molecule has 16 heavy (non-hydrogen) atoms. The molecule has 0 aliphatic carbocycles. The monoisotopic (exact) mass is 230 g/mol. The van der Waals surface area contributed by atoms with Crippen LogP contribution < -0.4 is 5.32 Å². The van der Waals surface area contributed by atoms with Crippen molar-refractivity contribution in [1.82, 2.24) is 10.2 Å². The molecule has 2 aliphatic heterocycles. The van der Waals surface area contributed by atoms with Crippen LogP contribution in [0.2, 0.25) is 0 Å². The summed E-state index contributed by atoms with van der Waals surface area (Å²) in [4.78, 5) is 2.26. The Hall–Kier alpha value is -0.190. The molecular weight excluding hydrogens is 207 g/mol. The van der Waals surface area contributed by atoms with E-state index in [4.69, 9.17) is 4.74 Å². The number of nitrogens with zero attached hydrogens (tertiary/aromatic N) is 1. The van der Waals surface area contributed by atoms with E-state index in [1.807, 2.05) is 0 Å². The van der Waals surface area contributed by atoms with Crippen LogP contribution in [0, 0.1) is 0 Å². The molecule has 3 nitrogen and oxygen atoms in total. The largest absolute Gasteiger partial charge is 0.380 e. The van der Waals surface area contributed by atoms with Crippen LogP contribution in [0.3, 0.4) is 0 Å². The minimum Gasteiger partial charge on any atom is -0.380 e. The van der Waals surface area contributed by atoms with Gasteiger partial charge in [0.25, 0.3) is 0 Å². The van der Waals surface area contributed by atoms with Crippen molar-refractivity contribution < 1.29 is 9.13 Å². The Bertz CT molecular complexity index is 219. The first-order valence-corrected chi connectivity index (χ1v) is 6.38. The lowest BCUT2D eigenvalue weighted by molar-refractivity contribution is 0.0621. The molecule has 0 bridgehead atoms. The molecule has 3 atom stereocenters. The first-order valence-electron chi connectivity index (χ1n) is 6.38. The number of halogens is 1. The van der Waals surface area contributed by atoms with Crippen molar-refractivity contribution in [2.75, 3.05) is 26.3 Å². The second kappa shape index (κ2) is 5.43. The number of hydrogen-bond acceptors (Lipinski definition) is 3. The van der Waals surface area contributed by atoms with Crippen molar-refractivity contribution in [3.05, 3.63) is 0 Å². The Kier molecular flexibility index (Phi) is 4.16. The molecule has 0 amide bonds. The van der Waals surface area contributed by atoms with Gasteiger partial charge in [0.1, 0.15) is 6.17 Å². The number of ether oxygens (including phenoxy) is 1. The SMILES string of the molecule is CC(C)NC1CCN(C2CCOC2)C[C@@H]1F. The fourth-order valence-corrected chi connectivity index (χ4v) is 2.69. The summed E-state index contributed by atoms with van der Waals surface area (Å²) in [6.07, 6.45) is 1.24. The molecule has 4 heteroatoms. The summed E-state index contributed by atoms with van der Waals surface area (Å²) >= 11 is 0. The zero-order chi connectivity index (χ0) is 11.5. The maximum Gasteiger partial charge on any atom is 0.128 e. The fourth-order valence-electron chi connectivity index (χ4n) is 2.69. The van der Waals surface area contributed by atoms with Crippen LogP contribution in [0.5, 0.6) is 0 Å². The highest BCUT2D eigenvalue weighted by Gasteiger charge is 2.33. The summed E-state index contributed by atoms with van der Waals surface area (Å²) in [6, 6.07) is 0.862.